The molecule has 31 heavy (non-hydrogen) atoms. The number of nitrogens with one attached hydrogen (secondary N) is 1. The molecule has 0 radical (unpaired) electrons. The molecule has 3 aromatic carbocycles. The number of thioether (sulfide) groups is 1. The molecular weight excluding hydrogens is 437 g/mol. The molecule has 0 aliphatic carbocycles. The topological polar surface area (TPSA) is 64.1 Å². The molecule has 0 saturated carbocycles. The number of fused-ring (bicyclic) bond motifs is 1. The molecule has 0 saturated heterocycles. The van der Waals surface area contributed by atoms with Gasteiger partial charge in [-0.3, -0.25) is 4.79 Å². The Balaban J connectivity index is 1.52. The Labute approximate surface area is 187 Å². The number of rotatable bonds is 6. The summed E-state index contributed by atoms with van der Waals surface area (Å²) in [5, 5.41) is 14.3. The molecule has 0 spiro atoms. The molecule has 0 unspecified atom stereocenters. The highest BCUT2D eigenvalue weighted by Crippen LogP contribution is 2.32. The monoisotopic (exact) mass is 453 g/mol. The van der Waals surface area contributed by atoms with Gasteiger partial charge in [-0.15, -0.1) is 10.2 Å². The summed E-state index contributed by atoms with van der Waals surface area (Å²) in [6.45, 7) is 0. The van der Waals surface area contributed by atoms with Gasteiger partial charge in [0.2, 0.25) is 5.91 Å². The summed E-state index contributed by atoms with van der Waals surface area (Å²) in [5.41, 5.74) is 2.02. The zero-order valence-electron chi connectivity index (χ0n) is 16.4. The highest BCUT2D eigenvalue weighted by atomic mass is 35.5. The lowest BCUT2D eigenvalue weighted by atomic mass is 10.1. The van der Waals surface area contributed by atoms with E-state index in [0.717, 1.165) is 16.3 Å². The van der Waals surface area contributed by atoms with Crippen molar-refractivity contribution in [1.29, 1.82) is 0 Å². The zero-order valence-corrected chi connectivity index (χ0v) is 18.0. The van der Waals surface area contributed by atoms with Crippen molar-refractivity contribution in [1.82, 2.24) is 10.2 Å². The molecule has 1 heterocycles. The highest BCUT2D eigenvalue weighted by Gasteiger charge is 2.13. The largest absolute Gasteiger partial charge is 0.495 e. The molecule has 0 aliphatic rings. The Kier molecular flexibility index (Phi) is 6.34. The maximum atomic E-state index is 13.3. The number of ether oxygens (including phenoxy) is 1. The first-order valence-electron chi connectivity index (χ1n) is 9.32. The molecule has 0 atom stereocenters. The minimum atomic E-state index is -0.308. The van der Waals surface area contributed by atoms with Crippen LogP contribution < -0.4 is 10.1 Å². The standard InChI is InChI=1S/C23H17ClFN3O2S/c1-30-20-11-10-16(12-19(20)24)26-21(29)13-31-23-18-5-3-2-4-17(18)22(27-28-23)14-6-8-15(25)9-7-14/h2-12H,13H2,1H3,(H,26,29). The average Bonchev–Trinajstić information content (AvgIpc) is 2.78. The van der Waals surface area contributed by atoms with Gasteiger partial charge in [0.1, 0.15) is 22.3 Å². The van der Waals surface area contributed by atoms with Gasteiger partial charge in [0.05, 0.1) is 17.9 Å². The average molecular weight is 454 g/mol. The quantitative estimate of drug-likeness (QED) is 0.372. The van der Waals surface area contributed by atoms with E-state index in [0.29, 0.717) is 27.2 Å². The maximum Gasteiger partial charge on any atom is 0.234 e. The number of halogens is 2. The zero-order chi connectivity index (χ0) is 21.8. The molecule has 1 N–H and O–H groups in total. The van der Waals surface area contributed by atoms with Crippen molar-refractivity contribution < 1.29 is 13.9 Å². The van der Waals surface area contributed by atoms with Crippen LogP contribution in [0.1, 0.15) is 0 Å². The fraction of sp³-hybridized carbons (Fsp3) is 0.0870. The van der Waals surface area contributed by atoms with E-state index in [-0.39, 0.29) is 17.5 Å². The number of amides is 1. The van der Waals surface area contributed by atoms with Crippen molar-refractivity contribution in [3.8, 4) is 17.0 Å². The third-order valence-electron chi connectivity index (χ3n) is 4.55. The van der Waals surface area contributed by atoms with E-state index >= 15 is 0 Å². The van der Waals surface area contributed by atoms with Crippen LogP contribution in [0, 0.1) is 5.82 Å². The first-order chi connectivity index (χ1) is 15.0. The third kappa shape index (κ3) is 4.78. The van der Waals surface area contributed by atoms with Gasteiger partial charge in [-0.05, 0) is 42.5 Å². The predicted molar refractivity (Wildman–Crippen MR) is 122 cm³/mol. The van der Waals surface area contributed by atoms with E-state index in [1.54, 1.807) is 30.3 Å². The summed E-state index contributed by atoms with van der Waals surface area (Å²) in [4.78, 5) is 12.4. The first-order valence-corrected chi connectivity index (χ1v) is 10.7. The number of hydrogen-bond acceptors (Lipinski definition) is 5. The second-order valence-corrected chi connectivity index (χ2v) is 7.96. The van der Waals surface area contributed by atoms with Gasteiger partial charge in [-0.2, -0.15) is 0 Å². The number of nitrogens with zero attached hydrogens (tertiary/aromatic N) is 2. The number of benzene rings is 3. The van der Waals surface area contributed by atoms with Gasteiger partial charge in [0.15, 0.2) is 0 Å². The minimum Gasteiger partial charge on any atom is -0.495 e. The van der Waals surface area contributed by atoms with Gasteiger partial charge in [-0.1, -0.05) is 47.6 Å². The van der Waals surface area contributed by atoms with Gasteiger partial charge in [0.25, 0.3) is 0 Å². The lowest BCUT2D eigenvalue weighted by Crippen LogP contribution is -2.14. The lowest BCUT2D eigenvalue weighted by molar-refractivity contribution is -0.113. The van der Waals surface area contributed by atoms with Crippen LogP contribution in [-0.2, 0) is 4.79 Å². The Hall–Kier alpha value is -3.16. The summed E-state index contributed by atoms with van der Waals surface area (Å²) < 4.78 is 18.4. The molecule has 5 nitrogen and oxygen atoms in total. The van der Waals surface area contributed by atoms with Crippen molar-refractivity contribution in [3.63, 3.8) is 0 Å². The summed E-state index contributed by atoms with van der Waals surface area (Å²) in [7, 11) is 1.53. The van der Waals surface area contributed by atoms with Crippen LogP contribution in [0.25, 0.3) is 22.0 Å². The number of carbonyl (C=O) groups excluding carboxylic acids is 1. The first kappa shape index (κ1) is 21.1. The van der Waals surface area contributed by atoms with Gasteiger partial charge < -0.3 is 10.1 Å². The number of anilines is 1. The van der Waals surface area contributed by atoms with E-state index in [1.807, 2.05) is 24.3 Å². The van der Waals surface area contributed by atoms with Crippen LogP contribution in [0.3, 0.4) is 0 Å². The molecule has 156 valence electrons. The molecule has 8 heteroatoms. The predicted octanol–water partition coefficient (Wildman–Crippen LogP) is 5.83. The number of methoxy groups -OCH3 is 1. The van der Waals surface area contributed by atoms with Crippen molar-refractivity contribution in [2.24, 2.45) is 0 Å². The fourth-order valence-electron chi connectivity index (χ4n) is 3.08. The molecule has 4 aromatic rings. The SMILES string of the molecule is COc1ccc(NC(=O)CSc2nnc(-c3ccc(F)cc3)c3ccccc23)cc1Cl. The Morgan fingerprint density at radius 2 is 1.81 bits per heavy atom. The van der Waals surface area contributed by atoms with Crippen LogP contribution >= 0.6 is 23.4 Å². The number of aromatic nitrogens is 2. The second kappa shape index (κ2) is 9.32. The van der Waals surface area contributed by atoms with E-state index in [1.165, 1.54) is 31.0 Å². The van der Waals surface area contributed by atoms with Crippen LogP contribution in [0.15, 0.2) is 71.8 Å². The van der Waals surface area contributed by atoms with E-state index < -0.39 is 0 Å². The van der Waals surface area contributed by atoms with Crippen molar-refractivity contribution in [3.05, 3.63) is 77.6 Å². The Bertz CT molecular complexity index is 1250. The molecule has 0 fully saturated rings. The summed E-state index contributed by atoms with van der Waals surface area (Å²) in [6, 6.07) is 18.9. The third-order valence-corrected chi connectivity index (χ3v) is 5.82. The highest BCUT2D eigenvalue weighted by molar-refractivity contribution is 8.00. The molecule has 1 amide bonds. The van der Waals surface area contributed by atoms with E-state index in [9.17, 15) is 9.18 Å². The molecule has 0 aliphatic heterocycles. The normalized spacial score (nSPS) is 10.8. The maximum absolute atomic E-state index is 13.3. The Morgan fingerprint density at radius 1 is 1.06 bits per heavy atom. The van der Waals surface area contributed by atoms with Gasteiger partial charge in [0, 0.05) is 22.0 Å². The number of hydrogen-bond donors (Lipinski definition) is 1. The summed E-state index contributed by atoms with van der Waals surface area (Å²) >= 11 is 7.40. The minimum absolute atomic E-state index is 0.151. The van der Waals surface area contributed by atoms with Crippen LogP contribution in [-0.4, -0.2) is 29.0 Å². The molecular formula is C23H17ClFN3O2S. The summed E-state index contributed by atoms with van der Waals surface area (Å²) in [5.74, 6) is 0.187. The van der Waals surface area contributed by atoms with Gasteiger partial charge >= 0.3 is 0 Å². The van der Waals surface area contributed by atoms with Crippen LogP contribution in [0.2, 0.25) is 5.02 Å². The Morgan fingerprint density at radius 3 is 2.52 bits per heavy atom. The van der Waals surface area contributed by atoms with Crippen LogP contribution in [0.5, 0.6) is 5.75 Å². The van der Waals surface area contributed by atoms with E-state index in [4.69, 9.17) is 16.3 Å². The molecule has 0 bridgehead atoms. The smallest absolute Gasteiger partial charge is 0.234 e. The molecule has 1 aromatic heterocycles. The van der Waals surface area contributed by atoms with Crippen LogP contribution in [0.4, 0.5) is 10.1 Å². The van der Waals surface area contributed by atoms with Crippen molar-refractivity contribution in [2.75, 3.05) is 18.2 Å². The second-order valence-electron chi connectivity index (χ2n) is 6.59. The van der Waals surface area contributed by atoms with Gasteiger partial charge in [-0.25, -0.2) is 4.39 Å². The van der Waals surface area contributed by atoms with Crippen molar-refractivity contribution >= 4 is 45.7 Å². The van der Waals surface area contributed by atoms with E-state index in [2.05, 4.69) is 15.5 Å². The summed E-state index contributed by atoms with van der Waals surface area (Å²) in [6.07, 6.45) is 0. The lowest BCUT2D eigenvalue weighted by Gasteiger charge is -2.10. The van der Waals surface area contributed by atoms with Crippen molar-refractivity contribution in [2.45, 2.75) is 5.03 Å². The molecule has 4 rings (SSSR count). The number of carbonyl (C=O) groups is 1. The fourth-order valence-corrected chi connectivity index (χ4v) is 4.11.